The van der Waals surface area contributed by atoms with Gasteiger partial charge in [-0.2, -0.15) is 0 Å². The van der Waals surface area contributed by atoms with Crippen molar-refractivity contribution in [3.63, 3.8) is 0 Å². The monoisotopic (exact) mass is 218 g/mol. The average Bonchev–Trinajstić information content (AvgIpc) is 2.19. The lowest BCUT2D eigenvalue weighted by atomic mass is 9.78. The molecule has 1 fully saturated rings. The average molecular weight is 218 g/mol. The van der Waals surface area contributed by atoms with Crippen molar-refractivity contribution < 1.29 is 22.4 Å². The minimum atomic E-state index is -1.47. The number of carbonyl (C=O) groups excluding carboxylic acids is 1. The Morgan fingerprint density at radius 3 is 1.93 bits per heavy atom. The lowest BCUT2D eigenvalue weighted by Gasteiger charge is -2.25. The Hall–Kier alpha value is -1.39. The molecule has 0 amide bonds. The minimum Gasteiger partial charge on any atom is -0.299 e. The number of carbonyl (C=O) groups is 1. The van der Waals surface area contributed by atoms with Gasteiger partial charge in [0.25, 0.3) is 0 Å². The molecule has 0 heterocycles. The van der Waals surface area contributed by atoms with Crippen LogP contribution in [0.1, 0.15) is 24.3 Å². The molecule has 1 aliphatic carbocycles. The Balaban J connectivity index is 2.58. The van der Waals surface area contributed by atoms with Gasteiger partial charge < -0.3 is 0 Å². The van der Waals surface area contributed by atoms with Crippen LogP contribution in [0.3, 0.4) is 0 Å². The highest BCUT2D eigenvalue weighted by Gasteiger charge is 2.36. The largest absolute Gasteiger partial charge is 0.299 e. The molecule has 0 saturated heterocycles. The fraction of sp³-hybridized carbons (Fsp3) is 0.300. The number of rotatable bonds is 1. The second-order valence-electron chi connectivity index (χ2n) is 3.44. The Bertz CT molecular complexity index is 415. The zero-order chi connectivity index (χ0) is 11.2. The molecule has 0 aliphatic heterocycles. The van der Waals surface area contributed by atoms with Crippen molar-refractivity contribution >= 4 is 5.78 Å². The first-order chi connectivity index (χ1) is 7.02. The number of halogens is 4. The van der Waals surface area contributed by atoms with Crippen molar-refractivity contribution in [1.29, 1.82) is 0 Å². The third-order valence-corrected chi connectivity index (χ3v) is 2.56. The summed E-state index contributed by atoms with van der Waals surface area (Å²) in [7, 11) is 0. The van der Waals surface area contributed by atoms with Gasteiger partial charge in [0.2, 0.25) is 0 Å². The van der Waals surface area contributed by atoms with Crippen LogP contribution in [0.15, 0.2) is 6.07 Å². The fourth-order valence-electron chi connectivity index (χ4n) is 1.61. The zero-order valence-electron chi connectivity index (χ0n) is 7.49. The summed E-state index contributed by atoms with van der Waals surface area (Å²) in [6, 6.07) is 0.136. The van der Waals surface area contributed by atoms with Gasteiger partial charge in [-0.05, 0) is 6.42 Å². The van der Waals surface area contributed by atoms with Crippen molar-refractivity contribution in [2.24, 2.45) is 0 Å². The molecule has 0 N–H and O–H groups in total. The third-order valence-electron chi connectivity index (χ3n) is 2.56. The first-order valence-electron chi connectivity index (χ1n) is 4.38. The molecule has 0 radical (unpaired) electrons. The van der Waals surface area contributed by atoms with Crippen LogP contribution in [0.5, 0.6) is 0 Å². The van der Waals surface area contributed by atoms with E-state index in [-0.39, 0.29) is 18.9 Å². The van der Waals surface area contributed by atoms with Crippen LogP contribution >= 0.6 is 0 Å². The van der Waals surface area contributed by atoms with Crippen molar-refractivity contribution in [1.82, 2.24) is 0 Å². The van der Waals surface area contributed by atoms with Gasteiger partial charge in [0.1, 0.15) is 5.78 Å². The Morgan fingerprint density at radius 1 is 1.07 bits per heavy atom. The maximum atomic E-state index is 13.2. The van der Waals surface area contributed by atoms with E-state index in [1.807, 2.05) is 0 Å². The molecule has 5 heteroatoms. The molecule has 80 valence electrons. The quantitative estimate of drug-likeness (QED) is 0.523. The fourth-order valence-corrected chi connectivity index (χ4v) is 1.61. The van der Waals surface area contributed by atoms with E-state index in [4.69, 9.17) is 0 Å². The molecule has 1 aromatic carbocycles. The van der Waals surface area contributed by atoms with Gasteiger partial charge >= 0.3 is 0 Å². The van der Waals surface area contributed by atoms with Gasteiger partial charge in [-0.25, -0.2) is 17.6 Å². The summed E-state index contributed by atoms with van der Waals surface area (Å²) in [5.74, 6) is -7.29. The number of benzene rings is 1. The van der Waals surface area contributed by atoms with Crippen molar-refractivity contribution in [2.45, 2.75) is 18.8 Å². The maximum Gasteiger partial charge on any atom is 0.165 e. The molecule has 1 nitrogen and oxygen atoms in total. The molecule has 0 aromatic heterocycles. The third kappa shape index (κ3) is 1.42. The molecular formula is C10H6F4O. The van der Waals surface area contributed by atoms with Gasteiger partial charge in [0.05, 0.1) is 0 Å². The number of Topliss-reactive ketones (excluding diaryl/α,β-unsaturated/α-hetero) is 1. The van der Waals surface area contributed by atoms with Crippen LogP contribution in [0.25, 0.3) is 0 Å². The molecule has 15 heavy (non-hydrogen) atoms. The summed E-state index contributed by atoms with van der Waals surface area (Å²) in [5.41, 5.74) is -0.774. The maximum absolute atomic E-state index is 13.2. The van der Waals surface area contributed by atoms with Crippen molar-refractivity contribution in [3.8, 4) is 0 Å². The van der Waals surface area contributed by atoms with E-state index >= 15 is 0 Å². The van der Waals surface area contributed by atoms with E-state index in [0.717, 1.165) is 0 Å². The number of hydrogen-bond acceptors (Lipinski definition) is 1. The Labute approximate surface area is 82.7 Å². The first kappa shape index (κ1) is 10.1. The Morgan fingerprint density at radius 2 is 1.60 bits per heavy atom. The van der Waals surface area contributed by atoms with Gasteiger partial charge in [0, 0.05) is 24.0 Å². The van der Waals surface area contributed by atoms with Gasteiger partial charge in [0.15, 0.2) is 23.3 Å². The van der Waals surface area contributed by atoms with E-state index in [2.05, 4.69) is 0 Å². The van der Waals surface area contributed by atoms with Crippen LogP contribution in [0, 0.1) is 23.3 Å². The van der Waals surface area contributed by atoms with Gasteiger partial charge in [-0.1, -0.05) is 0 Å². The summed E-state index contributed by atoms with van der Waals surface area (Å²) in [5, 5.41) is 0. The highest BCUT2D eigenvalue weighted by atomic mass is 19.2. The van der Waals surface area contributed by atoms with E-state index in [1.54, 1.807) is 0 Å². The molecule has 1 atom stereocenters. The Kier molecular flexibility index (Phi) is 2.25. The molecule has 2 rings (SSSR count). The molecular weight excluding hydrogens is 212 g/mol. The SMILES string of the molecule is O=C1CCC1c1c(F)c(F)cc(F)c1F. The van der Waals surface area contributed by atoms with Crippen molar-refractivity contribution in [3.05, 3.63) is 34.9 Å². The summed E-state index contributed by atoms with van der Waals surface area (Å²) in [6.07, 6.45) is 0.428. The second-order valence-corrected chi connectivity index (χ2v) is 3.44. The minimum absolute atomic E-state index is 0.136. The summed E-state index contributed by atoms with van der Waals surface area (Å²) < 4.78 is 51.9. The predicted molar refractivity (Wildman–Crippen MR) is 43.3 cm³/mol. The van der Waals surface area contributed by atoms with Crippen LogP contribution < -0.4 is 0 Å². The molecule has 1 aliphatic rings. The van der Waals surface area contributed by atoms with Crippen LogP contribution in [-0.4, -0.2) is 5.78 Å². The van der Waals surface area contributed by atoms with Crippen molar-refractivity contribution in [2.75, 3.05) is 0 Å². The summed E-state index contributed by atoms with van der Waals surface area (Å²) >= 11 is 0. The molecule has 0 spiro atoms. The van der Waals surface area contributed by atoms with E-state index in [0.29, 0.717) is 0 Å². The standard InChI is InChI=1S/C10H6F4O/c11-5-3-6(12)10(14)8(9(5)13)4-1-2-7(4)15/h3-4H,1-2H2. The predicted octanol–water partition coefficient (Wildman–Crippen LogP) is 2.69. The molecule has 1 aromatic rings. The van der Waals surface area contributed by atoms with Gasteiger partial charge in [-0.15, -0.1) is 0 Å². The van der Waals surface area contributed by atoms with Crippen LogP contribution in [-0.2, 0) is 4.79 Å². The summed E-state index contributed by atoms with van der Waals surface area (Å²) in [4.78, 5) is 11.0. The smallest absolute Gasteiger partial charge is 0.165 e. The van der Waals surface area contributed by atoms with E-state index in [1.165, 1.54) is 0 Å². The molecule has 1 saturated carbocycles. The second kappa shape index (κ2) is 3.32. The van der Waals surface area contributed by atoms with Crippen LogP contribution in [0.2, 0.25) is 0 Å². The molecule has 1 unspecified atom stereocenters. The highest BCUT2D eigenvalue weighted by Crippen LogP contribution is 2.37. The topological polar surface area (TPSA) is 17.1 Å². The summed E-state index contributed by atoms with van der Waals surface area (Å²) in [6.45, 7) is 0. The number of hydrogen-bond donors (Lipinski definition) is 0. The van der Waals surface area contributed by atoms with E-state index in [9.17, 15) is 22.4 Å². The van der Waals surface area contributed by atoms with Crippen LogP contribution in [0.4, 0.5) is 17.6 Å². The lowest BCUT2D eigenvalue weighted by Crippen LogP contribution is -2.26. The lowest BCUT2D eigenvalue weighted by molar-refractivity contribution is -0.125. The van der Waals surface area contributed by atoms with Gasteiger partial charge in [-0.3, -0.25) is 4.79 Å². The van der Waals surface area contributed by atoms with E-state index < -0.39 is 40.5 Å². The zero-order valence-corrected chi connectivity index (χ0v) is 7.49. The molecule has 0 bridgehead atoms. The first-order valence-corrected chi connectivity index (χ1v) is 4.38. The highest BCUT2D eigenvalue weighted by molar-refractivity contribution is 5.91. The normalized spacial score (nSPS) is 20.3. The number of ketones is 1.